The zero-order valence-corrected chi connectivity index (χ0v) is 16.6. The summed E-state index contributed by atoms with van der Waals surface area (Å²) in [6.07, 6.45) is 5.00. The van der Waals surface area contributed by atoms with Gasteiger partial charge in [0.25, 0.3) is 0 Å². The highest BCUT2D eigenvalue weighted by atomic mass is 127. The van der Waals surface area contributed by atoms with Crippen molar-refractivity contribution in [1.82, 2.24) is 10.6 Å². The van der Waals surface area contributed by atoms with E-state index in [1.165, 1.54) is 25.7 Å². The Morgan fingerprint density at radius 1 is 1.19 bits per heavy atom. The lowest BCUT2D eigenvalue weighted by Crippen LogP contribution is -2.41. The van der Waals surface area contributed by atoms with Crippen LogP contribution in [0, 0.1) is 5.41 Å². The monoisotopic (exact) mass is 431 g/mol. The molecule has 0 amide bonds. The van der Waals surface area contributed by atoms with Crippen LogP contribution in [0.4, 0.5) is 0 Å². The van der Waals surface area contributed by atoms with Gasteiger partial charge in [-0.25, -0.2) is 8.42 Å². The van der Waals surface area contributed by atoms with E-state index < -0.39 is 9.84 Å². The fourth-order valence-electron chi connectivity index (χ4n) is 2.36. The molecule has 0 aromatic heterocycles. The number of guanidine groups is 1. The number of aliphatic imine (C=N–C) groups is 1. The molecule has 21 heavy (non-hydrogen) atoms. The smallest absolute Gasteiger partial charge is 0.191 e. The molecule has 0 atom stereocenters. The van der Waals surface area contributed by atoms with E-state index in [0.717, 1.165) is 19.0 Å². The standard InChI is InChI=1S/C14H29N3O2S.HI/c1-4-14(8-7-9-14)12-17-13(15-5-2)16-10-11-20(18,19)6-3;/h4-12H2,1-3H3,(H2,15,16,17);1H. The van der Waals surface area contributed by atoms with Gasteiger partial charge < -0.3 is 10.6 Å². The molecule has 2 N–H and O–H groups in total. The summed E-state index contributed by atoms with van der Waals surface area (Å²) in [4.78, 5) is 4.62. The molecule has 1 fully saturated rings. The van der Waals surface area contributed by atoms with Crippen molar-refractivity contribution < 1.29 is 8.42 Å². The van der Waals surface area contributed by atoms with Crippen molar-refractivity contribution in [2.24, 2.45) is 10.4 Å². The predicted octanol–water partition coefficient (Wildman–Crippen LogP) is 2.17. The second-order valence-corrected chi connectivity index (χ2v) is 8.04. The molecular formula is C14H30IN3O2S. The van der Waals surface area contributed by atoms with E-state index >= 15 is 0 Å². The zero-order chi connectivity index (χ0) is 15.1. The molecule has 0 aliphatic heterocycles. The van der Waals surface area contributed by atoms with Gasteiger partial charge >= 0.3 is 0 Å². The van der Waals surface area contributed by atoms with E-state index in [2.05, 4.69) is 22.5 Å². The van der Waals surface area contributed by atoms with Gasteiger partial charge in [-0.1, -0.05) is 20.3 Å². The maximum Gasteiger partial charge on any atom is 0.191 e. The third kappa shape index (κ3) is 7.17. The third-order valence-electron chi connectivity index (χ3n) is 4.23. The second-order valence-electron chi connectivity index (χ2n) is 5.57. The summed E-state index contributed by atoms with van der Waals surface area (Å²) in [5, 5.41) is 6.29. The highest BCUT2D eigenvalue weighted by Gasteiger charge is 2.34. The molecule has 1 aliphatic rings. The van der Waals surface area contributed by atoms with Gasteiger partial charge in [0.05, 0.1) is 5.75 Å². The Morgan fingerprint density at radius 3 is 2.29 bits per heavy atom. The molecule has 0 spiro atoms. The molecule has 0 unspecified atom stereocenters. The van der Waals surface area contributed by atoms with Crippen molar-refractivity contribution in [2.75, 3.05) is 31.1 Å². The molecule has 7 heteroatoms. The maximum absolute atomic E-state index is 11.5. The Hall–Kier alpha value is -0.0500. The normalized spacial score (nSPS) is 17.6. The summed E-state index contributed by atoms with van der Waals surface area (Å²) < 4.78 is 22.9. The first-order valence-corrected chi connectivity index (χ1v) is 9.51. The number of sulfone groups is 1. The SMILES string of the molecule is CCNC(=NCC1(CC)CCC1)NCCS(=O)(=O)CC.I. The molecule has 0 saturated heterocycles. The molecule has 0 aromatic carbocycles. The minimum Gasteiger partial charge on any atom is -0.357 e. The van der Waals surface area contributed by atoms with Crippen LogP contribution in [0.25, 0.3) is 0 Å². The summed E-state index contributed by atoms with van der Waals surface area (Å²) >= 11 is 0. The lowest BCUT2D eigenvalue weighted by atomic mass is 9.67. The van der Waals surface area contributed by atoms with Crippen LogP contribution in [-0.2, 0) is 9.84 Å². The van der Waals surface area contributed by atoms with E-state index in [0.29, 0.717) is 12.0 Å². The average Bonchev–Trinajstić information content (AvgIpc) is 2.37. The summed E-state index contributed by atoms with van der Waals surface area (Å²) in [7, 11) is -2.92. The molecule has 0 radical (unpaired) electrons. The first-order valence-electron chi connectivity index (χ1n) is 7.69. The van der Waals surface area contributed by atoms with Gasteiger partial charge in [-0.15, -0.1) is 24.0 Å². The van der Waals surface area contributed by atoms with Crippen molar-refractivity contribution >= 4 is 39.8 Å². The van der Waals surface area contributed by atoms with E-state index in [1.54, 1.807) is 6.92 Å². The van der Waals surface area contributed by atoms with Gasteiger partial charge in [0, 0.05) is 25.4 Å². The predicted molar refractivity (Wildman–Crippen MR) is 100 cm³/mol. The Balaban J connectivity index is 0.00000400. The number of rotatable bonds is 8. The van der Waals surface area contributed by atoms with Crippen molar-refractivity contribution in [3.63, 3.8) is 0 Å². The molecule has 0 aromatic rings. The third-order valence-corrected chi connectivity index (χ3v) is 5.93. The highest BCUT2D eigenvalue weighted by molar-refractivity contribution is 14.0. The quantitative estimate of drug-likeness (QED) is 0.351. The van der Waals surface area contributed by atoms with Gasteiger partial charge in [-0.2, -0.15) is 0 Å². The Labute approximate surface area is 146 Å². The van der Waals surface area contributed by atoms with E-state index in [4.69, 9.17) is 0 Å². The number of hydrogen-bond donors (Lipinski definition) is 2. The van der Waals surface area contributed by atoms with Gasteiger partial charge in [-0.05, 0) is 31.6 Å². The Bertz CT molecular complexity index is 414. The summed E-state index contributed by atoms with van der Waals surface area (Å²) in [6, 6.07) is 0. The van der Waals surface area contributed by atoms with Crippen LogP contribution in [0.3, 0.4) is 0 Å². The molecule has 5 nitrogen and oxygen atoms in total. The number of halogens is 1. The first kappa shape index (κ1) is 20.9. The van der Waals surface area contributed by atoms with Crippen LogP contribution in [-0.4, -0.2) is 45.5 Å². The number of nitrogens with one attached hydrogen (secondary N) is 2. The fraction of sp³-hybridized carbons (Fsp3) is 0.929. The second kappa shape index (κ2) is 9.86. The van der Waals surface area contributed by atoms with E-state index in [-0.39, 0.29) is 35.5 Å². The molecule has 0 heterocycles. The Kier molecular flexibility index (Phi) is 9.84. The van der Waals surface area contributed by atoms with Gasteiger partial charge in [-0.3, -0.25) is 4.99 Å². The minimum absolute atomic E-state index is 0. The van der Waals surface area contributed by atoms with Crippen molar-refractivity contribution in [3.05, 3.63) is 0 Å². The van der Waals surface area contributed by atoms with Crippen molar-refractivity contribution in [3.8, 4) is 0 Å². The number of hydrogen-bond acceptors (Lipinski definition) is 3. The fourth-order valence-corrected chi connectivity index (χ4v) is 3.06. The molecular weight excluding hydrogens is 401 g/mol. The molecule has 0 bridgehead atoms. The van der Waals surface area contributed by atoms with E-state index in [9.17, 15) is 8.42 Å². The molecule has 1 aliphatic carbocycles. The van der Waals surface area contributed by atoms with Gasteiger partial charge in [0.2, 0.25) is 0 Å². The van der Waals surface area contributed by atoms with Gasteiger partial charge in [0.1, 0.15) is 0 Å². The van der Waals surface area contributed by atoms with Crippen LogP contribution in [0.2, 0.25) is 0 Å². The molecule has 1 saturated carbocycles. The van der Waals surface area contributed by atoms with Crippen molar-refractivity contribution in [2.45, 2.75) is 46.5 Å². The number of nitrogens with zero attached hydrogens (tertiary/aromatic N) is 1. The largest absolute Gasteiger partial charge is 0.357 e. The van der Waals surface area contributed by atoms with Crippen LogP contribution >= 0.6 is 24.0 Å². The summed E-state index contributed by atoms with van der Waals surface area (Å²) in [5.41, 5.74) is 0.387. The van der Waals surface area contributed by atoms with Crippen LogP contribution < -0.4 is 10.6 Å². The van der Waals surface area contributed by atoms with Crippen LogP contribution in [0.1, 0.15) is 46.5 Å². The topological polar surface area (TPSA) is 70.6 Å². The lowest BCUT2D eigenvalue weighted by molar-refractivity contribution is 0.139. The summed E-state index contributed by atoms with van der Waals surface area (Å²) in [6.45, 7) is 7.95. The van der Waals surface area contributed by atoms with Crippen LogP contribution in [0.5, 0.6) is 0 Å². The maximum atomic E-state index is 11.5. The Morgan fingerprint density at radius 2 is 1.86 bits per heavy atom. The van der Waals surface area contributed by atoms with E-state index in [1.807, 2.05) is 6.92 Å². The zero-order valence-electron chi connectivity index (χ0n) is 13.4. The highest BCUT2D eigenvalue weighted by Crippen LogP contribution is 2.43. The molecule has 1 rings (SSSR count). The van der Waals surface area contributed by atoms with Crippen LogP contribution in [0.15, 0.2) is 4.99 Å². The van der Waals surface area contributed by atoms with Crippen molar-refractivity contribution in [1.29, 1.82) is 0 Å². The molecule has 126 valence electrons. The van der Waals surface area contributed by atoms with Gasteiger partial charge in [0.15, 0.2) is 15.8 Å². The lowest BCUT2D eigenvalue weighted by Gasteiger charge is -2.40. The minimum atomic E-state index is -2.92. The summed E-state index contributed by atoms with van der Waals surface area (Å²) in [5.74, 6) is 1.09. The average molecular weight is 431 g/mol. The first-order chi connectivity index (χ1) is 9.47.